The van der Waals surface area contributed by atoms with Crippen LogP contribution in [0.1, 0.15) is 65.0 Å². The Hall–Kier alpha value is -2.18. The Morgan fingerprint density at radius 2 is 1.85 bits per heavy atom. The molecule has 0 saturated carbocycles. The van der Waals surface area contributed by atoms with E-state index in [1.165, 1.54) is 42.5 Å². The highest BCUT2D eigenvalue weighted by molar-refractivity contribution is 5.94. The number of aromatic amines is 1. The van der Waals surface area contributed by atoms with E-state index < -0.39 is 0 Å². The van der Waals surface area contributed by atoms with Crippen LogP contribution in [0.2, 0.25) is 0 Å². The number of benzene rings is 1. The van der Waals surface area contributed by atoms with E-state index in [1.807, 2.05) is 0 Å². The molecule has 2 aliphatic carbocycles. The average molecular weight is 449 g/mol. The number of carbonyl (C=O) groups is 1. The Kier molecular flexibility index (Phi) is 5.97. The molecule has 6 nitrogen and oxygen atoms in total. The summed E-state index contributed by atoms with van der Waals surface area (Å²) < 4.78 is 5.92. The Labute approximate surface area is 196 Å². The van der Waals surface area contributed by atoms with Crippen molar-refractivity contribution < 1.29 is 9.53 Å². The van der Waals surface area contributed by atoms with Crippen molar-refractivity contribution in [1.29, 1.82) is 0 Å². The van der Waals surface area contributed by atoms with Crippen molar-refractivity contribution >= 4 is 5.91 Å². The lowest BCUT2D eigenvalue weighted by atomic mass is 9.94. The number of hydrogen-bond donors (Lipinski definition) is 1. The van der Waals surface area contributed by atoms with Crippen molar-refractivity contribution in [3.05, 3.63) is 52.3 Å². The summed E-state index contributed by atoms with van der Waals surface area (Å²) in [5.74, 6) is 0.668. The zero-order valence-corrected chi connectivity index (χ0v) is 19.6. The number of amides is 1. The van der Waals surface area contributed by atoms with Crippen molar-refractivity contribution in [3.63, 3.8) is 0 Å². The van der Waals surface area contributed by atoms with Gasteiger partial charge in [-0.1, -0.05) is 24.3 Å². The second kappa shape index (κ2) is 9.22. The van der Waals surface area contributed by atoms with Crippen LogP contribution in [0, 0.1) is 5.92 Å². The van der Waals surface area contributed by atoms with Gasteiger partial charge >= 0.3 is 0 Å². The second-order valence-corrected chi connectivity index (χ2v) is 10.5. The molecule has 1 N–H and O–H groups in total. The van der Waals surface area contributed by atoms with Gasteiger partial charge < -0.3 is 9.64 Å². The standard InChI is InChI=1S/C27H36N4O2/c32-27(26-24-8-3-9-25(24)28-29-26)31(18-23-7-4-14-33-23)17-19-10-12-30(13-11-19)22-15-20-5-1-2-6-21(20)16-22/h1-2,5-6,19,22-23H,3-4,7-18H2,(H,28,29)/t23-/m1/s1. The number of nitrogens with zero attached hydrogens (tertiary/aromatic N) is 3. The number of piperidine rings is 1. The molecule has 0 spiro atoms. The normalized spacial score (nSPS) is 23.7. The predicted molar refractivity (Wildman–Crippen MR) is 127 cm³/mol. The quantitative estimate of drug-likeness (QED) is 0.736. The molecule has 2 aromatic rings. The second-order valence-electron chi connectivity index (χ2n) is 10.5. The minimum absolute atomic E-state index is 0.110. The number of nitrogens with one attached hydrogen (secondary N) is 1. The lowest BCUT2D eigenvalue weighted by Gasteiger charge is -2.38. The van der Waals surface area contributed by atoms with E-state index >= 15 is 0 Å². The minimum atomic E-state index is 0.110. The number of aromatic nitrogens is 2. The lowest BCUT2D eigenvalue weighted by Crippen LogP contribution is -2.46. The molecule has 2 fully saturated rings. The fourth-order valence-electron chi connectivity index (χ4n) is 6.53. The molecule has 33 heavy (non-hydrogen) atoms. The molecule has 4 aliphatic rings. The molecule has 0 unspecified atom stereocenters. The molecule has 1 atom stereocenters. The van der Waals surface area contributed by atoms with E-state index in [1.54, 1.807) is 0 Å². The lowest BCUT2D eigenvalue weighted by molar-refractivity contribution is 0.0425. The van der Waals surface area contributed by atoms with E-state index in [4.69, 9.17) is 4.74 Å². The molecule has 2 saturated heterocycles. The van der Waals surface area contributed by atoms with E-state index in [0.29, 0.717) is 24.2 Å². The predicted octanol–water partition coefficient (Wildman–Crippen LogP) is 3.40. The molecule has 176 valence electrons. The Bertz CT molecular complexity index is 963. The summed E-state index contributed by atoms with van der Waals surface area (Å²) in [4.78, 5) is 18.4. The number of aryl methyl sites for hydroxylation is 1. The van der Waals surface area contributed by atoms with Crippen molar-refractivity contribution in [2.24, 2.45) is 5.92 Å². The summed E-state index contributed by atoms with van der Waals surface area (Å²) in [7, 11) is 0. The minimum Gasteiger partial charge on any atom is -0.376 e. The molecule has 1 aromatic heterocycles. The monoisotopic (exact) mass is 448 g/mol. The Morgan fingerprint density at radius 1 is 1.06 bits per heavy atom. The number of hydrogen-bond acceptors (Lipinski definition) is 4. The maximum Gasteiger partial charge on any atom is 0.274 e. The van der Waals surface area contributed by atoms with Crippen LogP contribution >= 0.6 is 0 Å². The van der Waals surface area contributed by atoms with Gasteiger partial charge in [-0.05, 0) is 87.9 Å². The summed E-state index contributed by atoms with van der Waals surface area (Å²) in [6.07, 6.45) is 10.2. The summed E-state index contributed by atoms with van der Waals surface area (Å²) >= 11 is 0. The van der Waals surface area contributed by atoms with Crippen LogP contribution in [0.25, 0.3) is 0 Å². The van der Waals surface area contributed by atoms with Crippen LogP contribution in [0.4, 0.5) is 0 Å². The first-order chi connectivity index (χ1) is 16.2. The van der Waals surface area contributed by atoms with Gasteiger partial charge in [-0.25, -0.2) is 0 Å². The summed E-state index contributed by atoms with van der Waals surface area (Å²) in [6, 6.07) is 9.58. The number of likely N-dealkylation sites (tertiary alicyclic amines) is 1. The number of ether oxygens (including phenoxy) is 1. The summed E-state index contributed by atoms with van der Waals surface area (Å²) in [6.45, 7) is 4.65. The summed E-state index contributed by atoms with van der Waals surface area (Å²) in [5.41, 5.74) is 6.06. The molecule has 1 amide bonds. The average Bonchev–Trinajstić information content (AvgIpc) is 3.63. The maximum atomic E-state index is 13.6. The van der Waals surface area contributed by atoms with Crippen LogP contribution in [-0.4, -0.2) is 70.8 Å². The Morgan fingerprint density at radius 3 is 2.58 bits per heavy atom. The van der Waals surface area contributed by atoms with Gasteiger partial charge in [0.1, 0.15) is 0 Å². The molecular weight excluding hydrogens is 412 g/mol. The zero-order chi connectivity index (χ0) is 22.2. The number of rotatable bonds is 6. The fourth-order valence-corrected chi connectivity index (χ4v) is 6.53. The van der Waals surface area contributed by atoms with Gasteiger partial charge in [0.2, 0.25) is 0 Å². The first kappa shape index (κ1) is 21.4. The number of H-pyrrole nitrogens is 1. The van der Waals surface area contributed by atoms with E-state index in [0.717, 1.165) is 63.9 Å². The Balaban J connectivity index is 1.09. The highest BCUT2D eigenvalue weighted by Gasteiger charge is 2.33. The van der Waals surface area contributed by atoms with Crippen LogP contribution in [0.5, 0.6) is 0 Å². The molecule has 1 aromatic carbocycles. The smallest absolute Gasteiger partial charge is 0.274 e. The van der Waals surface area contributed by atoms with E-state index in [9.17, 15) is 4.79 Å². The van der Waals surface area contributed by atoms with Crippen molar-refractivity contribution in [2.75, 3.05) is 32.8 Å². The SMILES string of the molecule is O=C(c1n[nH]c2c1CCC2)N(CC1CCN(C2Cc3ccccc3C2)CC1)C[C@H]1CCCO1. The number of fused-ring (bicyclic) bond motifs is 2. The van der Waals surface area contributed by atoms with Crippen LogP contribution in [0.3, 0.4) is 0 Å². The fraction of sp³-hybridized carbons (Fsp3) is 0.630. The number of carbonyl (C=O) groups excluding carboxylic acids is 1. The van der Waals surface area contributed by atoms with Gasteiger partial charge in [-0.2, -0.15) is 5.10 Å². The van der Waals surface area contributed by atoms with Gasteiger partial charge in [0.05, 0.1) is 6.10 Å². The first-order valence-corrected chi connectivity index (χ1v) is 13.0. The van der Waals surface area contributed by atoms with Crippen LogP contribution < -0.4 is 0 Å². The third-order valence-corrected chi connectivity index (χ3v) is 8.42. The van der Waals surface area contributed by atoms with Gasteiger partial charge in [0.15, 0.2) is 5.69 Å². The van der Waals surface area contributed by atoms with Crippen molar-refractivity contribution in [1.82, 2.24) is 20.0 Å². The third-order valence-electron chi connectivity index (χ3n) is 8.42. The maximum absolute atomic E-state index is 13.6. The van der Waals surface area contributed by atoms with E-state index in [2.05, 4.69) is 44.3 Å². The zero-order valence-electron chi connectivity index (χ0n) is 19.6. The molecule has 0 bridgehead atoms. The van der Waals surface area contributed by atoms with Gasteiger partial charge in [0, 0.05) is 37.0 Å². The van der Waals surface area contributed by atoms with Crippen LogP contribution in [-0.2, 0) is 30.4 Å². The highest BCUT2D eigenvalue weighted by Crippen LogP contribution is 2.30. The topological polar surface area (TPSA) is 61.5 Å². The first-order valence-electron chi connectivity index (χ1n) is 13.0. The largest absolute Gasteiger partial charge is 0.376 e. The van der Waals surface area contributed by atoms with Crippen molar-refractivity contribution in [2.45, 2.75) is 69.9 Å². The molecular formula is C27H36N4O2. The van der Waals surface area contributed by atoms with Crippen molar-refractivity contribution in [3.8, 4) is 0 Å². The molecule has 6 heteroatoms. The molecule has 2 aliphatic heterocycles. The molecule has 0 radical (unpaired) electrons. The summed E-state index contributed by atoms with van der Waals surface area (Å²) in [5, 5.41) is 7.57. The molecule has 6 rings (SSSR count). The molecule has 3 heterocycles. The van der Waals surface area contributed by atoms with E-state index in [-0.39, 0.29) is 12.0 Å². The van der Waals surface area contributed by atoms with Gasteiger partial charge in [0.25, 0.3) is 5.91 Å². The van der Waals surface area contributed by atoms with Gasteiger partial charge in [-0.15, -0.1) is 0 Å². The third kappa shape index (κ3) is 4.35. The van der Waals surface area contributed by atoms with Crippen LogP contribution in [0.15, 0.2) is 24.3 Å². The highest BCUT2D eigenvalue weighted by atomic mass is 16.5. The van der Waals surface area contributed by atoms with Gasteiger partial charge in [-0.3, -0.25) is 14.8 Å².